The lowest BCUT2D eigenvalue weighted by atomic mass is 10.3. The lowest BCUT2D eigenvalue weighted by Crippen LogP contribution is -2.32. The molecule has 0 N–H and O–H groups in total. The van der Waals surface area contributed by atoms with Crippen molar-refractivity contribution in [3.8, 4) is 0 Å². The largest absolute Gasteiger partial charge is 0.339 e. The maximum absolute atomic E-state index is 12.4. The topological polar surface area (TPSA) is 84.2 Å². The SMILES string of the molecule is CCCCn1c(CN2CCCN(c3ncccn3)CC2)cnc1S(=O)(=O)CC. The predicted molar refractivity (Wildman–Crippen MR) is 109 cm³/mol. The third kappa shape index (κ3) is 4.88. The molecule has 0 atom stereocenters. The average molecular weight is 407 g/mol. The predicted octanol–water partition coefficient (Wildman–Crippen LogP) is 1.98. The summed E-state index contributed by atoms with van der Waals surface area (Å²) in [7, 11) is -3.32. The maximum Gasteiger partial charge on any atom is 0.227 e. The second kappa shape index (κ2) is 9.47. The van der Waals surface area contributed by atoms with Gasteiger partial charge < -0.3 is 9.47 Å². The summed E-state index contributed by atoms with van der Waals surface area (Å²) in [5, 5.41) is 0.215. The third-order valence-corrected chi connectivity index (χ3v) is 6.75. The highest BCUT2D eigenvalue weighted by atomic mass is 32.2. The molecule has 3 heterocycles. The van der Waals surface area contributed by atoms with Gasteiger partial charge in [-0.1, -0.05) is 20.3 Å². The van der Waals surface area contributed by atoms with E-state index in [0.29, 0.717) is 13.1 Å². The summed E-state index contributed by atoms with van der Waals surface area (Å²) >= 11 is 0. The Kier molecular flexibility index (Phi) is 7.01. The van der Waals surface area contributed by atoms with Crippen LogP contribution < -0.4 is 4.90 Å². The standard InChI is InChI=1S/C19H30N6O2S/c1-3-5-12-25-17(15-22-19(25)28(26,27)4-2)16-23-10-7-11-24(14-13-23)18-20-8-6-9-21-18/h6,8-9,15H,3-5,7,10-14,16H2,1-2H3. The van der Waals surface area contributed by atoms with Gasteiger partial charge in [0.15, 0.2) is 0 Å². The van der Waals surface area contributed by atoms with E-state index in [1.807, 2.05) is 10.6 Å². The second-order valence-electron chi connectivity index (χ2n) is 7.11. The number of aromatic nitrogens is 4. The van der Waals surface area contributed by atoms with E-state index >= 15 is 0 Å². The molecule has 1 aliphatic heterocycles. The zero-order valence-corrected chi connectivity index (χ0v) is 17.6. The number of anilines is 1. The lowest BCUT2D eigenvalue weighted by Gasteiger charge is -2.22. The number of hydrogen-bond donors (Lipinski definition) is 0. The molecule has 0 aliphatic carbocycles. The van der Waals surface area contributed by atoms with Crippen molar-refractivity contribution < 1.29 is 8.42 Å². The number of sulfone groups is 1. The van der Waals surface area contributed by atoms with Crippen molar-refractivity contribution >= 4 is 15.8 Å². The van der Waals surface area contributed by atoms with Crippen LogP contribution in [-0.4, -0.2) is 64.8 Å². The molecule has 28 heavy (non-hydrogen) atoms. The fourth-order valence-corrected chi connectivity index (χ4v) is 4.48. The van der Waals surface area contributed by atoms with E-state index in [2.05, 4.69) is 31.7 Å². The van der Waals surface area contributed by atoms with Crippen LogP contribution in [-0.2, 0) is 22.9 Å². The molecule has 2 aromatic rings. The molecule has 154 valence electrons. The molecule has 0 aromatic carbocycles. The van der Waals surface area contributed by atoms with Crippen molar-refractivity contribution in [1.82, 2.24) is 24.4 Å². The molecule has 1 aliphatic rings. The van der Waals surface area contributed by atoms with Crippen molar-refractivity contribution in [3.05, 3.63) is 30.4 Å². The van der Waals surface area contributed by atoms with Gasteiger partial charge in [-0.3, -0.25) is 4.90 Å². The van der Waals surface area contributed by atoms with Gasteiger partial charge in [0.05, 0.1) is 17.6 Å². The number of nitrogens with zero attached hydrogens (tertiary/aromatic N) is 6. The van der Waals surface area contributed by atoms with E-state index in [-0.39, 0.29) is 10.9 Å². The highest BCUT2D eigenvalue weighted by Gasteiger charge is 2.23. The second-order valence-corrected chi connectivity index (χ2v) is 9.28. The number of imidazole rings is 1. The van der Waals surface area contributed by atoms with Gasteiger partial charge in [0.2, 0.25) is 20.9 Å². The first-order valence-corrected chi connectivity index (χ1v) is 11.7. The molecule has 0 unspecified atom stereocenters. The van der Waals surface area contributed by atoms with Gasteiger partial charge in [0, 0.05) is 51.7 Å². The van der Waals surface area contributed by atoms with E-state index in [9.17, 15) is 8.42 Å². The van der Waals surface area contributed by atoms with Gasteiger partial charge in [0.1, 0.15) is 0 Å². The van der Waals surface area contributed by atoms with E-state index < -0.39 is 9.84 Å². The van der Waals surface area contributed by atoms with Crippen LogP contribution in [0.2, 0.25) is 0 Å². The number of unbranched alkanes of at least 4 members (excludes halogenated alkanes) is 1. The molecule has 0 saturated carbocycles. The van der Waals surface area contributed by atoms with Crippen molar-refractivity contribution in [1.29, 1.82) is 0 Å². The molecule has 3 rings (SSSR count). The van der Waals surface area contributed by atoms with Gasteiger partial charge in [-0.05, 0) is 18.9 Å². The molecule has 8 nitrogen and oxygen atoms in total. The minimum absolute atomic E-state index is 0.0747. The molecule has 0 amide bonds. The van der Waals surface area contributed by atoms with Gasteiger partial charge in [-0.2, -0.15) is 0 Å². The van der Waals surface area contributed by atoms with Crippen LogP contribution in [0.4, 0.5) is 5.95 Å². The summed E-state index contributed by atoms with van der Waals surface area (Å²) in [6, 6.07) is 1.83. The van der Waals surface area contributed by atoms with E-state index in [4.69, 9.17) is 0 Å². The van der Waals surface area contributed by atoms with Gasteiger partial charge >= 0.3 is 0 Å². The van der Waals surface area contributed by atoms with Crippen LogP contribution in [0.1, 0.15) is 38.8 Å². The van der Waals surface area contributed by atoms with Gasteiger partial charge in [-0.25, -0.2) is 23.4 Å². The lowest BCUT2D eigenvalue weighted by molar-refractivity contribution is 0.276. The van der Waals surface area contributed by atoms with E-state index in [1.54, 1.807) is 25.5 Å². The molecular weight excluding hydrogens is 376 g/mol. The monoisotopic (exact) mass is 406 g/mol. The summed E-state index contributed by atoms with van der Waals surface area (Å²) < 4.78 is 26.8. The highest BCUT2D eigenvalue weighted by Crippen LogP contribution is 2.18. The zero-order chi connectivity index (χ0) is 20.0. The zero-order valence-electron chi connectivity index (χ0n) is 16.8. The Labute approximate surface area is 167 Å². The van der Waals surface area contributed by atoms with Crippen molar-refractivity contribution in [2.45, 2.75) is 51.4 Å². The summed E-state index contributed by atoms with van der Waals surface area (Å²) in [5.41, 5.74) is 0.977. The smallest absolute Gasteiger partial charge is 0.227 e. The molecular formula is C19H30N6O2S. The average Bonchev–Trinajstić information content (AvgIpc) is 2.97. The van der Waals surface area contributed by atoms with Crippen LogP contribution in [0.15, 0.2) is 29.8 Å². The molecule has 1 fully saturated rings. The summed E-state index contributed by atoms with van der Waals surface area (Å²) in [6.07, 6.45) is 8.25. The molecule has 1 saturated heterocycles. The van der Waals surface area contributed by atoms with Crippen molar-refractivity contribution in [2.24, 2.45) is 0 Å². The Morgan fingerprint density at radius 1 is 1.04 bits per heavy atom. The first-order chi connectivity index (χ1) is 13.5. The first kappa shape index (κ1) is 20.7. The van der Waals surface area contributed by atoms with Gasteiger partial charge in [0.25, 0.3) is 0 Å². The fourth-order valence-electron chi connectivity index (χ4n) is 3.46. The fraction of sp³-hybridized carbons (Fsp3) is 0.632. The number of hydrogen-bond acceptors (Lipinski definition) is 7. The maximum atomic E-state index is 12.4. The highest BCUT2D eigenvalue weighted by molar-refractivity contribution is 7.91. The Balaban J connectivity index is 1.72. The van der Waals surface area contributed by atoms with Crippen LogP contribution in [0.5, 0.6) is 0 Å². The van der Waals surface area contributed by atoms with Crippen LogP contribution in [0.25, 0.3) is 0 Å². The number of rotatable bonds is 8. The molecule has 2 aromatic heterocycles. The van der Waals surface area contributed by atoms with Gasteiger partial charge in [-0.15, -0.1) is 0 Å². The van der Waals surface area contributed by atoms with Crippen LogP contribution >= 0.6 is 0 Å². The minimum Gasteiger partial charge on any atom is -0.339 e. The minimum atomic E-state index is -3.32. The first-order valence-electron chi connectivity index (χ1n) is 10.1. The van der Waals surface area contributed by atoms with Crippen LogP contribution in [0, 0.1) is 0 Å². The van der Waals surface area contributed by atoms with E-state index in [1.165, 1.54) is 0 Å². The third-order valence-electron chi connectivity index (χ3n) is 5.10. The Hall–Kier alpha value is -2.00. The Bertz CT molecular complexity index is 853. The molecule has 0 spiro atoms. The Morgan fingerprint density at radius 2 is 1.82 bits per heavy atom. The molecule has 0 bridgehead atoms. The van der Waals surface area contributed by atoms with Crippen molar-refractivity contribution in [3.63, 3.8) is 0 Å². The summed E-state index contributed by atoms with van der Waals surface area (Å²) in [6.45, 7) is 8.80. The summed E-state index contributed by atoms with van der Waals surface area (Å²) in [4.78, 5) is 17.6. The normalized spacial score (nSPS) is 16.3. The van der Waals surface area contributed by atoms with Crippen LogP contribution in [0.3, 0.4) is 0 Å². The van der Waals surface area contributed by atoms with Crippen molar-refractivity contribution in [2.75, 3.05) is 36.8 Å². The Morgan fingerprint density at radius 3 is 2.54 bits per heavy atom. The quantitative estimate of drug-likeness (QED) is 0.663. The molecule has 0 radical (unpaired) electrons. The summed E-state index contributed by atoms with van der Waals surface area (Å²) in [5.74, 6) is 0.847. The van der Waals surface area contributed by atoms with E-state index in [0.717, 1.165) is 57.1 Å². The molecule has 9 heteroatoms.